The number of carboxylic acid groups (broad SMARTS) is 1. The normalized spacial score (nSPS) is 12.5. The molecule has 2 rings (SSSR count). The highest BCUT2D eigenvalue weighted by Crippen LogP contribution is 2.43. The predicted octanol–water partition coefficient (Wildman–Crippen LogP) is 8.28. The lowest BCUT2D eigenvalue weighted by molar-refractivity contribution is -0.131. The van der Waals surface area contributed by atoms with Crippen molar-refractivity contribution in [3.8, 4) is 16.9 Å². The second-order valence-electron chi connectivity index (χ2n) is 9.33. The SMILES string of the molecule is CCCCCc1cc(-c2ccsc2C=CC(C)=CC(=O)O)c(OCCC)c(C(C)(C)C)c1. The van der Waals surface area contributed by atoms with Crippen molar-refractivity contribution in [1.82, 2.24) is 0 Å². The van der Waals surface area contributed by atoms with Gasteiger partial charge in [-0.2, -0.15) is 0 Å². The van der Waals surface area contributed by atoms with E-state index in [1.165, 1.54) is 36.5 Å². The van der Waals surface area contributed by atoms with Crippen LogP contribution in [0.4, 0.5) is 0 Å². The van der Waals surface area contributed by atoms with Gasteiger partial charge in [0.1, 0.15) is 5.75 Å². The Kier molecular flexibility index (Phi) is 9.77. The van der Waals surface area contributed by atoms with Crippen LogP contribution in [0.3, 0.4) is 0 Å². The van der Waals surface area contributed by atoms with Crippen molar-refractivity contribution in [3.63, 3.8) is 0 Å². The van der Waals surface area contributed by atoms with Gasteiger partial charge in [-0.3, -0.25) is 0 Å². The lowest BCUT2D eigenvalue weighted by Gasteiger charge is -2.26. The van der Waals surface area contributed by atoms with Gasteiger partial charge in [0.25, 0.3) is 0 Å². The zero-order valence-electron chi connectivity index (χ0n) is 20.5. The van der Waals surface area contributed by atoms with Gasteiger partial charge in [0, 0.05) is 27.6 Å². The fourth-order valence-corrected chi connectivity index (χ4v) is 4.45. The minimum absolute atomic E-state index is 0.0363. The molecule has 0 fully saturated rings. The van der Waals surface area contributed by atoms with Crippen LogP contribution < -0.4 is 4.74 Å². The number of hydrogen-bond acceptors (Lipinski definition) is 3. The van der Waals surface area contributed by atoms with Crippen LogP contribution in [0.15, 0.2) is 41.3 Å². The number of thiophene rings is 1. The molecule has 3 nitrogen and oxygen atoms in total. The summed E-state index contributed by atoms with van der Waals surface area (Å²) in [6, 6.07) is 6.79. The van der Waals surface area contributed by atoms with E-state index in [4.69, 9.17) is 9.84 Å². The van der Waals surface area contributed by atoms with E-state index in [9.17, 15) is 4.79 Å². The van der Waals surface area contributed by atoms with Gasteiger partial charge in [0.2, 0.25) is 0 Å². The molecule has 0 atom stereocenters. The van der Waals surface area contributed by atoms with Crippen LogP contribution in [0, 0.1) is 0 Å². The fraction of sp³-hybridized carbons (Fsp3) is 0.464. The Bertz CT molecular complexity index is 958. The monoisotopic (exact) mass is 454 g/mol. The van der Waals surface area contributed by atoms with E-state index < -0.39 is 5.97 Å². The number of benzene rings is 1. The Labute approximate surface area is 197 Å². The molecule has 0 radical (unpaired) electrons. The summed E-state index contributed by atoms with van der Waals surface area (Å²) in [6.07, 6.45) is 10.8. The topological polar surface area (TPSA) is 46.5 Å². The highest BCUT2D eigenvalue weighted by molar-refractivity contribution is 7.11. The molecular formula is C28H38O3S. The minimum Gasteiger partial charge on any atom is -0.493 e. The summed E-state index contributed by atoms with van der Waals surface area (Å²) in [5, 5.41) is 11.1. The number of aryl methyl sites for hydroxylation is 1. The molecule has 32 heavy (non-hydrogen) atoms. The summed E-state index contributed by atoms with van der Waals surface area (Å²) in [6.45, 7) is 13.6. The first-order chi connectivity index (χ1) is 15.2. The number of carboxylic acids is 1. The first-order valence-electron chi connectivity index (χ1n) is 11.6. The molecule has 0 saturated heterocycles. The fourth-order valence-electron chi connectivity index (χ4n) is 3.65. The van der Waals surface area contributed by atoms with Crippen LogP contribution in [0.25, 0.3) is 17.2 Å². The predicted molar refractivity (Wildman–Crippen MR) is 138 cm³/mol. The first kappa shape index (κ1) is 25.9. The third kappa shape index (κ3) is 7.37. The van der Waals surface area contributed by atoms with Crippen molar-refractivity contribution in [2.45, 2.75) is 79.1 Å². The Balaban J connectivity index is 2.62. The Hall–Kier alpha value is -2.33. The smallest absolute Gasteiger partial charge is 0.328 e. The molecule has 0 unspecified atom stereocenters. The molecule has 0 aliphatic carbocycles. The van der Waals surface area contributed by atoms with Crippen LogP contribution in [0.1, 0.15) is 83.2 Å². The Morgan fingerprint density at radius 1 is 1.12 bits per heavy atom. The molecule has 1 N–H and O–H groups in total. The summed E-state index contributed by atoms with van der Waals surface area (Å²) >= 11 is 1.66. The molecule has 0 spiro atoms. The third-order valence-electron chi connectivity index (χ3n) is 5.31. The summed E-state index contributed by atoms with van der Waals surface area (Å²) in [7, 11) is 0. The molecule has 1 aromatic carbocycles. The van der Waals surface area contributed by atoms with E-state index in [-0.39, 0.29) is 5.41 Å². The quantitative estimate of drug-likeness (QED) is 0.211. The van der Waals surface area contributed by atoms with Crippen molar-refractivity contribution < 1.29 is 14.6 Å². The van der Waals surface area contributed by atoms with Crippen LogP contribution in [0.5, 0.6) is 5.75 Å². The largest absolute Gasteiger partial charge is 0.493 e. The number of aliphatic carboxylic acids is 1. The number of allylic oxidation sites excluding steroid dienone is 2. The summed E-state index contributed by atoms with van der Waals surface area (Å²) < 4.78 is 6.37. The maximum absolute atomic E-state index is 11.0. The zero-order chi connectivity index (χ0) is 23.7. The Morgan fingerprint density at radius 3 is 2.50 bits per heavy atom. The molecule has 0 bridgehead atoms. The maximum Gasteiger partial charge on any atom is 0.328 e. The van der Waals surface area contributed by atoms with E-state index in [1.54, 1.807) is 18.3 Å². The second kappa shape index (κ2) is 12.1. The number of unbranched alkanes of at least 4 members (excludes halogenated alkanes) is 2. The van der Waals surface area contributed by atoms with E-state index in [0.717, 1.165) is 34.6 Å². The maximum atomic E-state index is 11.0. The van der Waals surface area contributed by atoms with Crippen molar-refractivity contribution in [2.75, 3.05) is 6.61 Å². The molecular weight excluding hydrogens is 416 g/mol. The summed E-state index contributed by atoms with van der Waals surface area (Å²) in [5.74, 6) is 0.0489. The highest BCUT2D eigenvalue weighted by atomic mass is 32.1. The van der Waals surface area contributed by atoms with Gasteiger partial charge in [-0.25, -0.2) is 4.79 Å². The van der Waals surface area contributed by atoms with Gasteiger partial charge in [-0.15, -0.1) is 11.3 Å². The zero-order valence-corrected chi connectivity index (χ0v) is 21.3. The van der Waals surface area contributed by atoms with Crippen molar-refractivity contribution >= 4 is 23.4 Å². The van der Waals surface area contributed by atoms with Crippen LogP contribution >= 0.6 is 11.3 Å². The first-order valence-corrected chi connectivity index (χ1v) is 12.5. The molecule has 0 aliphatic heterocycles. The second-order valence-corrected chi connectivity index (χ2v) is 10.3. The minimum atomic E-state index is -0.927. The average molecular weight is 455 g/mol. The van der Waals surface area contributed by atoms with Crippen molar-refractivity contribution in [2.24, 2.45) is 0 Å². The number of rotatable bonds is 11. The molecule has 2 aromatic rings. The van der Waals surface area contributed by atoms with E-state index >= 15 is 0 Å². The lowest BCUT2D eigenvalue weighted by atomic mass is 9.82. The number of ether oxygens (including phenoxy) is 1. The standard InChI is InChI=1S/C28H38O3S/c1-7-9-10-11-21-18-23(27(31-15-8-2)24(19-21)28(4,5)6)22-14-16-32-25(22)13-12-20(3)17-26(29)30/h12-14,16-19H,7-11,15H2,1-6H3,(H,29,30). The summed E-state index contributed by atoms with van der Waals surface area (Å²) in [5.41, 5.74) is 5.55. The molecule has 1 aromatic heterocycles. The van der Waals surface area contributed by atoms with E-state index in [0.29, 0.717) is 12.2 Å². The van der Waals surface area contributed by atoms with Crippen LogP contribution in [-0.4, -0.2) is 17.7 Å². The summed E-state index contributed by atoms with van der Waals surface area (Å²) in [4.78, 5) is 12.1. The van der Waals surface area contributed by atoms with Gasteiger partial charge < -0.3 is 9.84 Å². The highest BCUT2D eigenvalue weighted by Gasteiger charge is 2.24. The van der Waals surface area contributed by atoms with E-state index in [1.807, 2.05) is 12.2 Å². The average Bonchev–Trinajstić information content (AvgIpc) is 3.18. The van der Waals surface area contributed by atoms with Crippen molar-refractivity contribution in [1.29, 1.82) is 0 Å². The number of hydrogen-bond donors (Lipinski definition) is 1. The molecule has 0 saturated carbocycles. The van der Waals surface area contributed by atoms with E-state index in [2.05, 4.69) is 58.2 Å². The molecule has 1 heterocycles. The van der Waals surface area contributed by atoms with Gasteiger partial charge in [0.05, 0.1) is 6.61 Å². The van der Waals surface area contributed by atoms with Gasteiger partial charge in [0.15, 0.2) is 0 Å². The van der Waals surface area contributed by atoms with Crippen molar-refractivity contribution in [3.05, 3.63) is 57.3 Å². The molecule has 0 amide bonds. The van der Waals surface area contributed by atoms with Gasteiger partial charge in [-0.1, -0.05) is 59.6 Å². The molecule has 4 heteroatoms. The van der Waals surface area contributed by atoms with Crippen LogP contribution in [0.2, 0.25) is 0 Å². The number of carbonyl (C=O) groups is 1. The Morgan fingerprint density at radius 2 is 1.88 bits per heavy atom. The lowest BCUT2D eigenvalue weighted by Crippen LogP contribution is -2.15. The van der Waals surface area contributed by atoms with Gasteiger partial charge >= 0.3 is 5.97 Å². The molecule has 174 valence electrons. The third-order valence-corrected chi connectivity index (χ3v) is 6.19. The molecule has 0 aliphatic rings. The van der Waals surface area contributed by atoms with Gasteiger partial charge in [-0.05, 0) is 66.3 Å². The van der Waals surface area contributed by atoms with Crippen LogP contribution in [-0.2, 0) is 16.6 Å².